The third kappa shape index (κ3) is 4.27. The summed E-state index contributed by atoms with van der Waals surface area (Å²) in [5, 5.41) is 11.0. The van der Waals surface area contributed by atoms with Crippen molar-refractivity contribution < 1.29 is 18.7 Å². The molecule has 0 aliphatic rings. The fraction of sp³-hybridized carbons (Fsp3) is 0.500. The lowest BCUT2D eigenvalue weighted by molar-refractivity contribution is 0.183. The van der Waals surface area contributed by atoms with Crippen LogP contribution in [0.15, 0.2) is 12.3 Å². The molecule has 0 spiro atoms. The predicted molar refractivity (Wildman–Crippen MR) is 62.1 cm³/mol. The summed E-state index contributed by atoms with van der Waals surface area (Å²) in [6.07, 6.45) is -0.0401. The maximum atomic E-state index is 13.6. The molecule has 100 valence electrons. The van der Waals surface area contributed by atoms with Gasteiger partial charge in [-0.2, -0.15) is 0 Å². The number of carbonyl (C=O) groups is 1. The Bertz CT molecular complexity index is 444. The minimum atomic E-state index is -1.27. The van der Waals surface area contributed by atoms with Gasteiger partial charge in [-0.05, 0) is 11.8 Å². The van der Waals surface area contributed by atoms with Crippen LogP contribution in [0.4, 0.5) is 13.6 Å². The molecule has 0 bridgehead atoms. The van der Waals surface area contributed by atoms with E-state index in [1.54, 1.807) is 0 Å². The van der Waals surface area contributed by atoms with Crippen LogP contribution >= 0.6 is 0 Å². The lowest BCUT2D eigenvalue weighted by Gasteiger charge is -2.25. The van der Waals surface area contributed by atoms with Gasteiger partial charge in [-0.1, -0.05) is 20.8 Å². The molecule has 4 nitrogen and oxygen atoms in total. The Morgan fingerprint density at radius 1 is 1.50 bits per heavy atom. The van der Waals surface area contributed by atoms with E-state index in [4.69, 9.17) is 5.11 Å². The summed E-state index contributed by atoms with van der Waals surface area (Å²) in [7, 11) is 0. The van der Waals surface area contributed by atoms with Crippen molar-refractivity contribution in [3.63, 3.8) is 0 Å². The fourth-order valence-electron chi connectivity index (χ4n) is 1.66. The molecule has 1 amide bonds. The van der Waals surface area contributed by atoms with Gasteiger partial charge in [0.15, 0.2) is 0 Å². The molecular formula is C12H16F2N2O2. The monoisotopic (exact) mass is 258 g/mol. The molecule has 0 saturated carbocycles. The van der Waals surface area contributed by atoms with E-state index in [0.29, 0.717) is 12.5 Å². The van der Waals surface area contributed by atoms with Crippen molar-refractivity contribution in [3.8, 4) is 0 Å². The molecule has 6 heteroatoms. The maximum absolute atomic E-state index is 13.6. The molecule has 18 heavy (non-hydrogen) atoms. The first kappa shape index (κ1) is 14.3. The zero-order valence-electron chi connectivity index (χ0n) is 10.5. The van der Waals surface area contributed by atoms with E-state index in [1.807, 2.05) is 20.8 Å². The zero-order valence-corrected chi connectivity index (χ0v) is 10.5. The molecule has 0 aliphatic heterocycles. The van der Waals surface area contributed by atoms with Crippen molar-refractivity contribution >= 4 is 6.09 Å². The molecule has 1 unspecified atom stereocenters. The van der Waals surface area contributed by atoms with Gasteiger partial charge in [0.1, 0.15) is 11.6 Å². The standard InChI is InChI=1S/C12H16F2N2O2/c1-12(2,3)5-9(16-11(17)18)10-8(14)4-7(13)6-15-10/h4,6,9,16H,5H2,1-3H3,(H,17,18). The predicted octanol–water partition coefficient (Wildman–Crippen LogP) is 3.10. The van der Waals surface area contributed by atoms with Gasteiger partial charge in [0.05, 0.1) is 17.9 Å². The SMILES string of the molecule is CC(C)(C)CC(NC(=O)O)c1ncc(F)cc1F. The quantitative estimate of drug-likeness (QED) is 0.875. The molecule has 1 rings (SSSR count). The summed E-state index contributed by atoms with van der Waals surface area (Å²) in [6.45, 7) is 5.68. The number of halogens is 2. The molecule has 0 radical (unpaired) electrons. The largest absolute Gasteiger partial charge is 0.465 e. The van der Waals surface area contributed by atoms with E-state index >= 15 is 0 Å². The number of nitrogens with one attached hydrogen (secondary N) is 1. The first-order valence-electron chi connectivity index (χ1n) is 5.49. The zero-order chi connectivity index (χ0) is 13.9. The van der Waals surface area contributed by atoms with Crippen molar-refractivity contribution in [1.82, 2.24) is 10.3 Å². The average Bonchev–Trinajstić information content (AvgIpc) is 2.12. The molecule has 0 fully saturated rings. The van der Waals surface area contributed by atoms with Gasteiger partial charge in [0, 0.05) is 6.07 Å². The van der Waals surface area contributed by atoms with Crippen LogP contribution in [-0.4, -0.2) is 16.2 Å². The number of hydrogen-bond donors (Lipinski definition) is 2. The van der Waals surface area contributed by atoms with Gasteiger partial charge in [-0.3, -0.25) is 4.98 Å². The van der Waals surface area contributed by atoms with E-state index < -0.39 is 23.8 Å². The van der Waals surface area contributed by atoms with Crippen LogP contribution in [0.5, 0.6) is 0 Å². The third-order valence-electron chi connectivity index (χ3n) is 2.28. The van der Waals surface area contributed by atoms with Gasteiger partial charge in [0.25, 0.3) is 0 Å². The first-order chi connectivity index (χ1) is 8.19. The fourth-order valence-corrected chi connectivity index (χ4v) is 1.66. The summed E-state index contributed by atoms with van der Waals surface area (Å²) in [6, 6.07) is -0.107. The lowest BCUT2D eigenvalue weighted by atomic mass is 9.87. The number of amides is 1. The Hall–Kier alpha value is -1.72. The third-order valence-corrected chi connectivity index (χ3v) is 2.28. The van der Waals surface area contributed by atoms with Gasteiger partial charge in [-0.25, -0.2) is 13.6 Å². The van der Waals surface area contributed by atoms with E-state index in [0.717, 1.165) is 6.20 Å². The second kappa shape index (κ2) is 5.29. The van der Waals surface area contributed by atoms with Gasteiger partial charge < -0.3 is 10.4 Å². The van der Waals surface area contributed by atoms with Crippen LogP contribution < -0.4 is 5.32 Å². The van der Waals surface area contributed by atoms with E-state index in [9.17, 15) is 13.6 Å². The topological polar surface area (TPSA) is 62.2 Å². The first-order valence-corrected chi connectivity index (χ1v) is 5.49. The van der Waals surface area contributed by atoms with Crippen molar-refractivity contribution in [2.24, 2.45) is 5.41 Å². The van der Waals surface area contributed by atoms with E-state index in [-0.39, 0.29) is 11.1 Å². The second-order valence-electron chi connectivity index (χ2n) is 5.29. The highest BCUT2D eigenvalue weighted by molar-refractivity contribution is 5.65. The van der Waals surface area contributed by atoms with Crippen LogP contribution in [0.3, 0.4) is 0 Å². The minimum absolute atomic E-state index is 0.0891. The summed E-state index contributed by atoms with van der Waals surface area (Å²) >= 11 is 0. The van der Waals surface area contributed by atoms with Gasteiger partial charge >= 0.3 is 6.09 Å². The number of hydrogen-bond acceptors (Lipinski definition) is 2. The molecule has 1 heterocycles. The van der Waals surface area contributed by atoms with E-state index in [1.165, 1.54) is 0 Å². The van der Waals surface area contributed by atoms with Crippen molar-refractivity contribution in [2.75, 3.05) is 0 Å². The Kier molecular flexibility index (Phi) is 4.21. The molecular weight excluding hydrogens is 242 g/mol. The summed E-state index contributed by atoms with van der Waals surface area (Å²) in [5.41, 5.74) is -0.316. The molecule has 0 aliphatic carbocycles. The van der Waals surface area contributed by atoms with Crippen LogP contribution in [0.2, 0.25) is 0 Å². The summed E-state index contributed by atoms with van der Waals surface area (Å²) in [5.74, 6) is -1.64. The highest BCUT2D eigenvalue weighted by atomic mass is 19.1. The normalized spacial score (nSPS) is 13.2. The smallest absolute Gasteiger partial charge is 0.405 e. The molecule has 0 aromatic carbocycles. The maximum Gasteiger partial charge on any atom is 0.405 e. The Morgan fingerprint density at radius 2 is 2.11 bits per heavy atom. The number of pyridine rings is 1. The van der Waals surface area contributed by atoms with Crippen LogP contribution in [0.25, 0.3) is 0 Å². The highest BCUT2D eigenvalue weighted by Gasteiger charge is 2.25. The number of aromatic nitrogens is 1. The number of rotatable bonds is 3. The Balaban J connectivity index is 3.05. The summed E-state index contributed by atoms with van der Waals surface area (Å²) < 4.78 is 26.4. The molecule has 1 aromatic heterocycles. The summed E-state index contributed by atoms with van der Waals surface area (Å²) in [4.78, 5) is 14.4. The molecule has 2 N–H and O–H groups in total. The van der Waals surface area contributed by atoms with Gasteiger partial charge in [-0.15, -0.1) is 0 Å². The van der Waals surface area contributed by atoms with Crippen molar-refractivity contribution in [1.29, 1.82) is 0 Å². The van der Waals surface area contributed by atoms with Crippen molar-refractivity contribution in [2.45, 2.75) is 33.2 Å². The molecule has 1 atom stereocenters. The number of carboxylic acid groups (broad SMARTS) is 1. The lowest BCUT2D eigenvalue weighted by Crippen LogP contribution is -2.31. The van der Waals surface area contributed by atoms with Crippen molar-refractivity contribution in [3.05, 3.63) is 29.6 Å². The molecule has 0 saturated heterocycles. The second-order valence-corrected chi connectivity index (χ2v) is 5.29. The van der Waals surface area contributed by atoms with Gasteiger partial charge in [0.2, 0.25) is 0 Å². The Labute approximate surface area is 104 Å². The average molecular weight is 258 g/mol. The minimum Gasteiger partial charge on any atom is -0.465 e. The number of nitrogens with zero attached hydrogens (tertiary/aromatic N) is 1. The van der Waals surface area contributed by atoms with Crippen LogP contribution in [0.1, 0.15) is 38.9 Å². The highest BCUT2D eigenvalue weighted by Crippen LogP contribution is 2.29. The Morgan fingerprint density at radius 3 is 2.56 bits per heavy atom. The molecule has 1 aromatic rings. The van der Waals surface area contributed by atoms with Crippen LogP contribution in [0, 0.1) is 17.0 Å². The van der Waals surface area contributed by atoms with Crippen LogP contribution in [-0.2, 0) is 0 Å². The van der Waals surface area contributed by atoms with E-state index in [2.05, 4.69) is 10.3 Å².